The van der Waals surface area contributed by atoms with E-state index in [1.54, 1.807) is 6.07 Å². The van der Waals surface area contributed by atoms with Crippen molar-refractivity contribution in [3.8, 4) is 16.5 Å². The molecular weight excluding hydrogens is 443 g/mol. The van der Waals surface area contributed by atoms with Crippen LogP contribution >= 0.6 is 11.3 Å². The Morgan fingerprint density at radius 2 is 1.94 bits per heavy atom. The molecule has 0 amide bonds. The van der Waals surface area contributed by atoms with Crippen molar-refractivity contribution in [1.29, 1.82) is 0 Å². The molecule has 1 aliphatic heterocycles. The standard InChI is InChI=1S/C23H25FN6O2S/c1-13(2)20-28-22(32-29-20)30-10-7-15(8-11-30)14(3)31-23-27-18-5-4-17(26-21(18)33-23)16-6-9-25-19(24)12-16/h4-6,9,12-15H,7-8,10-11H2,1-3H3. The number of piperidine rings is 1. The molecule has 1 atom stereocenters. The molecule has 0 radical (unpaired) electrons. The van der Waals surface area contributed by atoms with E-state index in [4.69, 9.17) is 9.26 Å². The summed E-state index contributed by atoms with van der Waals surface area (Å²) in [5.41, 5.74) is 2.14. The van der Waals surface area contributed by atoms with Crippen LogP contribution in [0.15, 0.2) is 35.0 Å². The van der Waals surface area contributed by atoms with Gasteiger partial charge in [-0.2, -0.15) is 9.37 Å². The molecule has 1 saturated heterocycles. The minimum atomic E-state index is -0.526. The van der Waals surface area contributed by atoms with E-state index in [1.807, 2.05) is 12.1 Å². The lowest BCUT2D eigenvalue weighted by Crippen LogP contribution is -2.38. The average Bonchev–Trinajstić information content (AvgIpc) is 3.46. The summed E-state index contributed by atoms with van der Waals surface area (Å²) in [6, 6.07) is 7.44. The van der Waals surface area contributed by atoms with Gasteiger partial charge in [0.2, 0.25) is 5.95 Å². The Bertz CT molecular complexity index is 1250. The van der Waals surface area contributed by atoms with Gasteiger partial charge in [-0.3, -0.25) is 0 Å². The highest BCUT2D eigenvalue weighted by molar-refractivity contribution is 7.19. The maximum Gasteiger partial charge on any atom is 0.324 e. The van der Waals surface area contributed by atoms with Gasteiger partial charge in [-0.05, 0) is 43.9 Å². The van der Waals surface area contributed by atoms with E-state index in [1.165, 1.54) is 23.6 Å². The minimum absolute atomic E-state index is 0.0235. The fraction of sp³-hybridized carbons (Fsp3) is 0.435. The number of hydrogen-bond acceptors (Lipinski definition) is 9. The SMILES string of the molecule is CC(C)c1noc(N2CCC(C(C)Oc3nc4ccc(-c5ccnc(F)c5)nc4s3)CC2)n1. The zero-order valence-corrected chi connectivity index (χ0v) is 19.5. The van der Waals surface area contributed by atoms with E-state index < -0.39 is 5.95 Å². The van der Waals surface area contributed by atoms with Crippen molar-refractivity contribution in [3.63, 3.8) is 0 Å². The summed E-state index contributed by atoms with van der Waals surface area (Å²) < 4.78 is 25.1. The third-order valence-corrected chi connectivity index (χ3v) is 6.82. The number of ether oxygens (including phenoxy) is 1. The molecule has 33 heavy (non-hydrogen) atoms. The lowest BCUT2D eigenvalue weighted by molar-refractivity contribution is 0.131. The van der Waals surface area contributed by atoms with Crippen LogP contribution in [-0.2, 0) is 0 Å². The van der Waals surface area contributed by atoms with Gasteiger partial charge in [0.15, 0.2) is 5.82 Å². The summed E-state index contributed by atoms with van der Waals surface area (Å²) in [6.07, 6.45) is 3.41. The van der Waals surface area contributed by atoms with Crippen molar-refractivity contribution in [2.45, 2.75) is 45.6 Å². The van der Waals surface area contributed by atoms with E-state index in [9.17, 15) is 4.39 Å². The molecule has 172 valence electrons. The molecule has 8 nitrogen and oxygen atoms in total. The van der Waals surface area contributed by atoms with Crippen molar-refractivity contribution in [2.75, 3.05) is 18.0 Å². The minimum Gasteiger partial charge on any atom is -0.467 e. The smallest absolute Gasteiger partial charge is 0.324 e. The van der Waals surface area contributed by atoms with Crippen molar-refractivity contribution >= 4 is 27.7 Å². The molecule has 4 aromatic rings. The number of rotatable bonds is 6. The van der Waals surface area contributed by atoms with E-state index >= 15 is 0 Å². The van der Waals surface area contributed by atoms with E-state index in [0.29, 0.717) is 28.4 Å². The molecule has 5 rings (SSSR count). The fourth-order valence-corrected chi connectivity index (χ4v) is 4.85. The Kier molecular flexibility index (Phi) is 5.92. The number of pyridine rings is 2. The van der Waals surface area contributed by atoms with Gasteiger partial charge in [0.1, 0.15) is 16.5 Å². The molecule has 0 aromatic carbocycles. The Hall–Kier alpha value is -3.14. The summed E-state index contributed by atoms with van der Waals surface area (Å²) in [5, 5.41) is 4.67. The van der Waals surface area contributed by atoms with Gasteiger partial charge in [0.25, 0.3) is 5.19 Å². The molecule has 0 bridgehead atoms. The van der Waals surface area contributed by atoms with Crippen LogP contribution in [0.25, 0.3) is 21.6 Å². The van der Waals surface area contributed by atoms with Crippen LogP contribution in [0.3, 0.4) is 0 Å². The lowest BCUT2D eigenvalue weighted by Gasteiger charge is -2.33. The molecule has 1 fully saturated rings. The number of fused-ring (bicyclic) bond motifs is 1. The van der Waals surface area contributed by atoms with E-state index in [-0.39, 0.29) is 12.0 Å². The summed E-state index contributed by atoms with van der Waals surface area (Å²) >= 11 is 1.41. The highest BCUT2D eigenvalue weighted by atomic mass is 32.1. The first-order valence-electron chi connectivity index (χ1n) is 11.1. The van der Waals surface area contributed by atoms with Gasteiger partial charge in [-0.1, -0.05) is 30.3 Å². The fourth-order valence-electron chi connectivity index (χ4n) is 3.97. The molecule has 0 spiro atoms. The summed E-state index contributed by atoms with van der Waals surface area (Å²) in [5.74, 6) is 0.871. The molecule has 0 N–H and O–H groups in total. The average molecular weight is 469 g/mol. The van der Waals surface area contributed by atoms with E-state index in [2.05, 4.69) is 50.8 Å². The first-order chi connectivity index (χ1) is 16.0. The second-order valence-corrected chi connectivity index (χ2v) is 9.55. The third kappa shape index (κ3) is 4.66. The van der Waals surface area contributed by atoms with Gasteiger partial charge in [-0.15, -0.1) is 0 Å². The van der Waals surface area contributed by atoms with Crippen LogP contribution in [0.4, 0.5) is 10.4 Å². The van der Waals surface area contributed by atoms with Crippen molar-refractivity contribution in [1.82, 2.24) is 25.1 Å². The molecule has 1 aliphatic rings. The van der Waals surface area contributed by atoms with Crippen molar-refractivity contribution < 1.29 is 13.7 Å². The molecule has 1 unspecified atom stereocenters. The summed E-state index contributed by atoms with van der Waals surface area (Å²) in [6.45, 7) is 7.90. The normalized spacial score (nSPS) is 16.0. The van der Waals surface area contributed by atoms with E-state index in [0.717, 1.165) is 42.1 Å². The number of thiazole rings is 1. The first-order valence-corrected chi connectivity index (χ1v) is 11.9. The second-order valence-electron chi connectivity index (χ2n) is 8.61. The van der Waals surface area contributed by atoms with Crippen molar-refractivity contribution in [2.24, 2.45) is 5.92 Å². The number of nitrogens with zero attached hydrogens (tertiary/aromatic N) is 6. The molecular formula is C23H25FN6O2S. The van der Waals surface area contributed by atoms with Crippen LogP contribution in [0.5, 0.6) is 5.19 Å². The van der Waals surface area contributed by atoms with Crippen molar-refractivity contribution in [3.05, 3.63) is 42.2 Å². The monoisotopic (exact) mass is 468 g/mol. The van der Waals surface area contributed by atoms with Crippen LogP contribution in [0, 0.1) is 11.9 Å². The predicted octanol–water partition coefficient (Wildman–Crippen LogP) is 5.08. The highest BCUT2D eigenvalue weighted by Crippen LogP contribution is 2.32. The topological polar surface area (TPSA) is 90.1 Å². The maximum absolute atomic E-state index is 13.5. The second kappa shape index (κ2) is 9.01. The Balaban J connectivity index is 1.22. The molecule has 0 aliphatic carbocycles. The molecule has 0 saturated carbocycles. The van der Waals surface area contributed by atoms with Crippen LogP contribution < -0.4 is 9.64 Å². The first kappa shape index (κ1) is 21.7. The Morgan fingerprint density at radius 3 is 2.67 bits per heavy atom. The van der Waals surface area contributed by atoms with Crippen LogP contribution in [-0.4, -0.2) is 44.3 Å². The zero-order valence-electron chi connectivity index (χ0n) is 18.7. The zero-order chi connectivity index (χ0) is 22.9. The summed E-state index contributed by atoms with van der Waals surface area (Å²) in [7, 11) is 0. The Labute approximate surface area is 194 Å². The lowest BCUT2D eigenvalue weighted by atomic mass is 9.92. The third-order valence-electron chi connectivity index (χ3n) is 5.97. The van der Waals surface area contributed by atoms with Crippen LogP contribution in [0.1, 0.15) is 45.4 Å². The molecule has 5 heterocycles. The number of hydrogen-bond donors (Lipinski definition) is 0. The Morgan fingerprint density at radius 1 is 1.12 bits per heavy atom. The predicted molar refractivity (Wildman–Crippen MR) is 124 cm³/mol. The van der Waals surface area contributed by atoms with Gasteiger partial charge in [-0.25, -0.2) is 15.0 Å². The largest absolute Gasteiger partial charge is 0.467 e. The quantitative estimate of drug-likeness (QED) is 0.362. The van der Waals surface area contributed by atoms with Gasteiger partial charge in [0.05, 0.1) is 5.69 Å². The molecule has 4 aromatic heterocycles. The van der Waals surface area contributed by atoms with Gasteiger partial charge >= 0.3 is 6.01 Å². The number of aromatic nitrogens is 5. The van der Waals surface area contributed by atoms with Crippen LogP contribution in [0.2, 0.25) is 0 Å². The molecule has 10 heteroatoms. The number of anilines is 1. The van der Waals surface area contributed by atoms with Gasteiger partial charge < -0.3 is 14.2 Å². The summed E-state index contributed by atoms with van der Waals surface area (Å²) in [4.78, 5) is 20.2. The number of halogens is 1. The van der Waals surface area contributed by atoms with Gasteiger partial charge in [0, 0.05) is 36.8 Å². The maximum atomic E-state index is 13.5. The highest BCUT2D eigenvalue weighted by Gasteiger charge is 2.28.